The Morgan fingerprint density at radius 1 is 1.19 bits per heavy atom. The van der Waals surface area contributed by atoms with E-state index in [0.717, 1.165) is 23.0 Å². The van der Waals surface area contributed by atoms with Crippen LogP contribution in [-0.4, -0.2) is 48.9 Å². The van der Waals surface area contributed by atoms with Gasteiger partial charge in [-0.2, -0.15) is 0 Å². The molecule has 2 aromatic carbocycles. The molecule has 3 N–H and O–H groups in total. The number of hydrogen-bond acceptors (Lipinski definition) is 6. The summed E-state index contributed by atoms with van der Waals surface area (Å²) in [6, 6.07) is 11.1. The highest BCUT2D eigenvalue weighted by molar-refractivity contribution is 7.88. The monoisotopic (exact) mass is 469 g/mol. The van der Waals surface area contributed by atoms with Crippen LogP contribution >= 0.6 is 12.4 Å². The van der Waals surface area contributed by atoms with Crippen LogP contribution in [0.4, 0.5) is 0 Å². The minimum Gasteiger partial charge on any atom is -0.497 e. The van der Waals surface area contributed by atoms with Crippen molar-refractivity contribution in [1.29, 1.82) is 0 Å². The number of rotatable bonds is 9. The molecule has 0 bridgehead atoms. The first-order valence-electron chi connectivity index (χ1n) is 9.14. The predicted octanol–water partition coefficient (Wildman–Crippen LogP) is 2.68. The van der Waals surface area contributed by atoms with Gasteiger partial charge in [0.25, 0.3) is 0 Å². The third kappa shape index (κ3) is 6.58. The van der Waals surface area contributed by atoms with E-state index in [9.17, 15) is 18.3 Å². The standard InChI is InChI=1S/C20H23N3O6S.ClH/c1-12(19-21-16-9-8-15(28-2)11-17(16)22-19)29-14-6-4-13(5-7-14)10-18(20(24)25)23-30(3,26)27;/h4-9,11-12,18,23H,10H2,1-3H3,(H,21,22)(H,24,25);1H/t12?,18-;/m0./s1. The Kier molecular flexibility index (Phi) is 7.88. The van der Waals surface area contributed by atoms with Crippen LogP contribution in [-0.2, 0) is 21.2 Å². The summed E-state index contributed by atoms with van der Waals surface area (Å²) in [5, 5.41) is 9.22. The molecule has 0 aliphatic rings. The molecule has 2 atom stereocenters. The Morgan fingerprint density at radius 3 is 2.42 bits per heavy atom. The highest BCUT2D eigenvalue weighted by atomic mass is 35.5. The number of carbonyl (C=O) groups is 1. The van der Waals surface area contributed by atoms with Gasteiger partial charge in [-0.25, -0.2) is 18.1 Å². The van der Waals surface area contributed by atoms with Gasteiger partial charge in [-0.05, 0) is 43.2 Å². The number of fused-ring (bicyclic) bond motifs is 1. The zero-order chi connectivity index (χ0) is 21.9. The Labute approximate surface area is 186 Å². The zero-order valence-corrected chi connectivity index (χ0v) is 18.8. The molecule has 168 valence electrons. The van der Waals surface area contributed by atoms with Crippen molar-refractivity contribution in [3.8, 4) is 11.5 Å². The summed E-state index contributed by atoms with van der Waals surface area (Å²) < 4.78 is 35.9. The maximum atomic E-state index is 11.3. The molecule has 0 fully saturated rings. The molecule has 0 saturated carbocycles. The Bertz CT molecular complexity index is 1150. The Hall–Kier alpha value is -2.82. The normalized spacial score (nSPS) is 13.3. The molecule has 1 aromatic heterocycles. The SMILES string of the molecule is COc1ccc2nc(C(C)Oc3ccc(C[C@H](NS(C)(=O)=O)C(=O)O)cc3)[nH]c2c1.Cl. The lowest BCUT2D eigenvalue weighted by Gasteiger charge is -2.15. The number of aliphatic carboxylic acids is 1. The van der Waals surface area contributed by atoms with Crippen molar-refractivity contribution in [3.63, 3.8) is 0 Å². The maximum Gasteiger partial charge on any atom is 0.322 e. The van der Waals surface area contributed by atoms with Gasteiger partial charge < -0.3 is 19.6 Å². The largest absolute Gasteiger partial charge is 0.497 e. The van der Waals surface area contributed by atoms with Crippen molar-refractivity contribution in [1.82, 2.24) is 14.7 Å². The van der Waals surface area contributed by atoms with E-state index in [1.54, 1.807) is 31.4 Å². The summed E-state index contributed by atoms with van der Waals surface area (Å²) in [5.41, 5.74) is 2.30. The molecule has 0 radical (unpaired) electrons. The van der Waals surface area contributed by atoms with Gasteiger partial charge >= 0.3 is 5.97 Å². The Balaban J connectivity index is 0.00000341. The highest BCUT2D eigenvalue weighted by Crippen LogP contribution is 2.24. The van der Waals surface area contributed by atoms with E-state index < -0.39 is 22.0 Å². The first-order chi connectivity index (χ1) is 14.1. The number of aromatic nitrogens is 2. The van der Waals surface area contributed by atoms with E-state index >= 15 is 0 Å². The number of nitrogens with one attached hydrogen (secondary N) is 2. The molecule has 0 aliphatic heterocycles. The molecule has 0 amide bonds. The van der Waals surface area contributed by atoms with E-state index in [1.165, 1.54) is 0 Å². The molecular formula is C20H24ClN3O6S. The van der Waals surface area contributed by atoms with Crippen molar-refractivity contribution in [2.75, 3.05) is 13.4 Å². The second-order valence-corrected chi connectivity index (χ2v) is 8.67. The van der Waals surface area contributed by atoms with Crippen LogP contribution in [0.15, 0.2) is 42.5 Å². The fourth-order valence-electron chi connectivity index (χ4n) is 2.97. The number of hydrogen-bond donors (Lipinski definition) is 3. The van der Waals surface area contributed by atoms with Crippen LogP contribution in [0.25, 0.3) is 11.0 Å². The van der Waals surface area contributed by atoms with Gasteiger partial charge in [0.15, 0.2) is 6.10 Å². The van der Waals surface area contributed by atoms with Crippen LogP contribution in [0.2, 0.25) is 0 Å². The van der Waals surface area contributed by atoms with Crippen LogP contribution in [0.1, 0.15) is 24.4 Å². The number of imidazole rings is 1. The van der Waals surface area contributed by atoms with Gasteiger partial charge in [-0.3, -0.25) is 4.79 Å². The third-order valence-corrected chi connectivity index (χ3v) is 5.14. The van der Waals surface area contributed by atoms with E-state index in [-0.39, 0.29) is 24.9 Å². The summed E-state index contributed by atoms with van der Waals surface area (Å²) in [7, 11) is -2.03. The molecule has 3 rings (SSSR count). The molecule has 1 unspecified atom stereocenters. The summed E-state index contributed by atoms with van der Waals surface area (Å²) in [5.74, 6) is 0.723. The smallest absolute Gasteiger partial charge is 0.322 e. The van der Waals surface area contributed by atoms with E-state index in [1.807, 2.05) is 25.1 Å². The molecule has 0 aliphatic carbocycles. The minimum atomic E-state index is -3.63. The highest BCUT2D eigenvalue weighted by Gasteiger charge is 2.22. The van der Waals surface area contributed by atoms with Crippen LogP contribution < -0.4 is 14.2 Å². The van der Waals surface area contributed by atoms with Gasteiger partial charge in [-0.1, -0.05) is 12.1 Å². The van der Waals surface area contributed by atoms with Crippen molar-refractivity contribution < 1.29 is 27.8 Å². The van der Waals surface area contributed by atoms with Gasteiger partial charge in [0.05, 0.1) is 24.4 Å². The fourth-order valence-corrected chi connectivity index (χ4v) is 3.67. The van der Waals surface area contributed by atoms with Crippen molar-refractivity contribution >= 4 is 39.4 Å². The number of halogens is 1. The average Bonchev–Trinajstić information content (AvgIpc) is 3.11. The zero-order valence-electron chi connectivity index (χ0n) is 17.2. The van der Waals surface area contributed by atoms with Crippen LogP contribution in [0.5, 0.6) is 11.5 Å². The number of sulfonamides is 1. The number of aromatic amines is 1. The van der Waals surface area contributed by atoms with Gasteiger partial charge in [0.2, 0.25) is 10.0 Å². The molecule has 9 nitrogen and oxygen atoms in total. The second kappa shape index (κ2) is 9.99. The summed E-state index contributed by atoms with van der Waals surface area (Å²) in [6.07, 6.45) is 0.590. The average molecular weight is 470 g/mol. The number of ether oxygens (including phenoxy) is 2. The van der Waals surface area contributed by atoms with Gasteiger partial charge in [0, 0.05) is 6.07 Å². The van der Waals surface area contributed by atoms with E-state index in [0.29, 0.717) is 17.1 Å². The van der Waals surface area contributed by atoms with Crippen molar-refractivity contribution in [3.05, 3.63) is 53.9 Å². The maximum absolute atomic E-state index is 11.3. The minimum absolute atomic E-state index is 0. The molecular weight excluding hydrogens is 446 g/mol. The van der Waals surface area contributed by atoms with Crippen LogP contribution in [0.3, 0.4) is 0 Å². The third-order valence-electron chi connectivity index (χ3n) is 4.42. The summed E-state index contributed by atoms with van der Waals surface area (Å²) in [4.78, 5) is 19.0. The molecule has 1 heterocycles. The van der Waals surface area contributed by atoms with Crippen molar-refractivity contribution in [2.24, 2.45) is 0 Å². The Morgan fingerprint density at radius 2 is 1.84 bits per heavy atom. The topological polar surface area (TPSA) is 131 Å². The van der Waals surface area contributed by atoms with Gasteiger partial charge in [0.1, 0.15) is 23.4 Å². The first-order valence-corrected chi connectivity index (χ1v) is 11.0. The molecule has 0 saturated heterocycles. The first kappa shape index (κ1) is 24.4. The summed E-state index contributed by atoms with van der Waals surface area (Å²) >= 11 is 0. The summed E-state index contributed by atoms with van der Waals surface area (Å²) in [6.45, 7) is 1.86. The molecule has 31 heavy (non-hydrogen) atoms. The number of methoxy groups -OCH3 is 1. The second-order valence-electron chi connectivity index (χ2n) is 6.89. The van der Waals surface area contributed by atoms with Gasteiger partial charge in [-0.15, -0.1) is 12.4 Å². The molecule has 11 heteroatoms. The molecule has 0 spiro atoms. The molecule has 3 aromatic rings. The number of nitrogens with zero attached hydrogens (tertiary/aromatic N) is 1. The number of H-pyrrole nitrogens is 1. The number of carboxylic acid groups (broad SMARTS) is 1. The lowest BCUT2D eigenvalue weighted by Crippen LogP contribution is -2.41. The van der Waals surface area contributed by atoms with E-state index in [2.05, 4.69) is 14.7 Å². The lowest BCUT2D eigenvalue weighted by atomic mass is 10.1. The lowest BCUT2D eigenvalue weighted by molar-refractivity contribution is -0.138. The fraction of sp³-hybridized carbons (Fsp3) is 0.300. The predicted molar refractivity (Wildman–Crippen MR) is 118 cm³/mol. The van der Waals surface area contributed by atoms with Crippen LogP contribution in [0, 0.1) is 0 Å². The number of benzene rings is 2. The van der Waals surface area contributed by atoms with Crippen molar-refractivity contribution in [2.45, 2.75) is 25.5 Å². The number of carboxylic acids is 1. The quantitative estimate of drug-likeness (QED) is 0.439. The van der Waals surface area contributed by atoms with E-state index in [4.69, 9.17) is 9.47 Å².